The van der Waals surface area contributed by atoms with Gasteiger partial charge in [0, 0.05) is 23.7 Å². The number of hydrogen-bond donors (Lipinski definition) is 2. The number of carbonyl (C=O) groups is 1. The third-order valence-corrected chi connectivity index (χ3v) is 5.48. The van der Waals surface area contributed by atoms with E-state index in [9.17, 15) is 14.0 Å². The molecule has 2 N–H and O–H groups in total. The molecule has 5 rings (SSSR count). The number of amides is 1. The van der Waals surface area contributed by atoms with Gasteiger partial charge in [-0.05, 0) is 60.2 Å². The highest BCUT2D eigenvalue weighted by Gasteiger charge is 2.14. The summed E-state index contributed by atoms with van der Waals surface area (Å²) in [5.74, 6) is 0.114. The first-order valence-corrected chi connectivity index (χ1v) is 10.2. The van der Waals surface area contributed by atoms with Crippen LogP contribution < -0.4 is 15.6 Å². The zero-order chi connectivity index (χ0) is 22.9. The molecule has 8 heteroatoms. The lowest BCUT2D eigenvalue weighted by Gasteiger charge is -2.07. The number of H-pyrrole nitrogens is 1. The fourth-order valence-electron chi connectivity index (χ4n) is 3.70. The zero-order valence-corrected chi connectivity index (χ0v) is 17.6. The van der Waals surface area contributed by atoms with Crippen molar-refractivity contribution in [2.24, 2.45) is 0 Å². The normalized spacial score (nSPS) is 11.1. The Bertz CT molecular complexity index is 1540. The van der Waals surface area contributed by atoms with Crippen LogP contribution in [0.2, 0.25) is 0 Å². The molecular formula is C25H19FN4O3. The Hall–Kier alpha value is -4.46. The van der Waals surface area contributed by atoms with Crippen LogP contribution in [0.1, 0.15) is 15.9 Å². The molecule has 0 aliphatic carbocycles. The molecule has 5 aromatic rings. The predicted octanol–water partition coefficient (Wildman–Crippen LogP) is 3.94. The van der Waals surface area contributed by atoms with E-state index in [1.165, 1.54) is 35.1 Å². The van der Waals surface area contributed by atoms with Gasteiger partial charge >= 0.3 is 0 Å². The molecule has 2 heterocycles. The summed E-state index contributed by atoms with van der Waals surface area (Å²) in [5.41, 5.74) is 2.77. The number of hydrogen-bond acceptors (Lipinski definition) is 4. The van der Waals surface area contributed by atoms with E-state index in [4.69, 9.17) is 4.74 Å². The number of rotatable bonds is 5. The van der Waals surface area contributed by atoms with Crippen LogP contribution in [-0.4, -0.2) is 27.8 Å². The Labute approximate surface area is 187 Å². The number of halogens is 1. The Kier molecular flexibility index (Phi) is 5.10. The number of nitrogens with zero attached hydrogens (tertiary/aromatic N) is 2. The van der Waals surface area contributed by atoms with Crippen molar-refractivity contribution in [3.8, 4) is 11.4 Å². The van der Waals surface area contributed by atoms with Crippen molar-refractivity contribution in [1.29, 1.82) is 0 Å². The van der Waals surface area contributed by atoms with Gasteiger partial charge in [-0.15, -0.1) is 0 Å². The van der Waals surface area contributed by atoms with Gasteiger partial charge in [0.2, 0.25) is 0 Å². The zero-order valence-electron chi connectivity index (χ0n) is 17.6. The second kappa shape index (κ2) is 8.23. The minimum absolute atomic E-state index is 0.245. The van der Waals surface area contributed by atoms with E-state index in [2.05, 4.69) is 15.4 Å². The van der Waals surface area contributed by atoms with E-state index < -0.39 is 0 Å². The Morgan fingerprint density at radius 3 is 2.55 bits per heavy atom. The van der Waals surface area contributed by atoms with Gasteiger partial charge in [0.15, 0.2) is 0 Å². The first-order valence-electron chi connectivity index (χ1n) is 10.2. The molecular weight excluding hydrogens is 423 g/mol. The minimum atomic E-state index is -0.389. The molecule has 0 radical (unpaired) electrons. The van der Waals surface area contributed by atoms with Gasteiger partial charge in [-0.1, -0.05) is 12.1 Å². The van der Waals surface area contributed by atoms with Crippen molar-refractivity contribution in [1.82, 2.24) is 20.1 Å². The van der Waals surface area contributed by atoms with Crippen LogP contribution in [0.4, 0.5) is 4.39 Å². The van der Waals surface area contributed by atoms with Crippen molar-refractivity contribution in [2.45, 2.75) is 6.54 Å². The minimum Gasteiger partial charge on any atom is -0.497 e. The lowest BCUT2D eigenvalue weighted by Crippen LogP contribution is -2.22. The highest BCUT2D eigenvalue weighted by atomic mass is 19.1. The van der Waals surface area contributed by atoms with Gasteiger partial charge in [0.1, 0.15) is 11.6 Å². The van der Waals surface area contributed by atoms with Gasteiger partial charge in [0.05, 0.1) is 29.2 Å². The number of ether oxygens (including phenoxy) is 1. The van der Waals surface area contributed by atoms with Crippen LogP contribution >= 0.6 is 0 Å². The quantitative estimate of drug-likeness (QED) is 0.432. The third kappa shape index (κ3) is 3.82. The summed E-state index contributed by atoms with van der Waals surface area (Å²) in [6.45, 7) is 0.362. The van der Waals surface area contributed by atoms with Gasteiger partial charge < -0.3 is 10.1 Å². The maximum Gasteiger partial charge on any atom is 0.280 e. The first kappa shape index (κ1) is 20.4. The Morgan fingerprint density at radius 1 is 1.06 bits per heavy atom. The SMILES string of the molecule is COc1ccc(CNC(=O)c2ccc3ncc4c(=O)n(-c5ccc(F)cc5)[nH]c4c3c2)cc1. The Morgan fingerprint density at radius 2 is 1.82 bits per heavy atom. The summed E-state index contributed by atoms with van der Waals surface area (Å²) in [6, 6.07) is 18.2. The number of nitrogens with one attached hydrogen (secondary N) is 2. The molecule has 164 valence electrons. The average molecular weight is 442 g/mol. The molecule has 0 saturated carbocycles. The summed E-state index contributed by atoms with van der Waals surface area (Å²) in [6.07, 6.45) is 1.50. The molecule has 0 unspecified atom stereocenters. The van der Waals surface area contributed by atoms with Gasteiger partial charge in [-0.25, -0.2) is 9.07 Å². The molecule has 0 bridgehead atoms. The van der Waals surface area contributed by atoms with Crippen molar-refractivity contribution >= 4 is 27.7 Å². The second-order valence-electron chi connectivity index (χ2n) is 7.54. The van der Waals surface area contributed by atoms with E-state index >= 15 is 0 Å². The summed E-state index contributed by atoms with van der Waals surface area (Å²) in [5, 5.41) is 6.99. The van der Waals surface area contributed by atoms with Crippen LogP contribution in [0.5, 0.6) is 5.75 Å². The molecule has 0 aliphatic rings. The van der Waals surface area contributed by atoms with Crippen molar-refractivity contribution in [2.75, 3.05) is 7.11 Å². The molecule has 2 aromatic heterocycles. The van der Waals surface area contributed by atoms with Crippen LogP contribution in [0, 0.1) is 5.82 Å². The molecule has 0 atom stereocenters. The second-order valence-corrected chi connectivity index (χ2v) is 7.54. The number of pyridine rings is 1. The summed E-state index contributed by atoms with van der Waals surface area (Å²) in [4.78, 5) is 30.0. The van der Waals surface area contributed by atoms with Gasteiger partial charge in [0.25, 0.3) is 11.5 Å². The number of benzene rings is 3. The topological polar surface area (TPSA) is 89.0 Å². The number of aromatic amines is 1. The lowest BCUT2D eigenvalue weighted by molar-refractivity contribution is 0.0951. The smallest absolute Gasteiger partial charge is 0.280 e. The number of carbonyl (C=O) groups excluding carboxylic acids is 1. The van der Waals surface area contributed by atoms with E-state index in [0.29, 0.717) is 39.6 Å². The number of aromatic nitrogens is 3. The molecule has 33 heavy (non-hydrogen) atoms. The third-order valence-electron chi connectivity index (χ3n) is 5.48. The standard InChI is InChI=1S/C25H19FN4O3/c1-33-19-9-2-15(3-10-19)13-28-24(31)16-4-11-22-20(12-16)23-21(14-27-22)25(32)30(29-23)18-7-5-17(26)6-8-18/h2-12,14,29H,13H2,1H3,(H,28,31). The molecule has 0 saturated heterocycles. The fraction of sp³-hybridized carbons (Fsp3) is 0.0800. The monoisotopic (exact) mass is 442 g/mol. The van der Waals surface area contributed by atoms with Crippen molar-refractivity contribution in [3.05, 3.63) is 100 Å². The molecule has 0 aliphatic heterocycles. The Balaban J connectivity index is 1.48. The van der Waals surface area contributed by atoms with Gasteiger partial charge in [-0.2, -0.15) is 0 Å². The molecule has 0 spiro atoms. The first-order chi connectivity index (χ1) is 16.0. The summed E-state index contributed by atoms with van der Waals surface area (Å²) in [7, 11) is 1.60. The lowest BCUT2D eigenvalue weighted by atomic mass is 10.1. The van der Waals surface area contributed by atoms with Gasteiger partial charge in [-0.3, -0.25) is 19.7 Å². The average Bonchev–Trinajstić information content (AvgIpc) is 3.19. The summed E-state index contributed by atoms with van der Waals surface area (Å²) >= 11 is 0. The number of methoxy groups -OCH3 is 1. The van der Waals surface area contributed by atoms with E-state index in [1.54, 1.807) is 25.3 Å². The van der Waals surface area contributed by atoms with Crippen LogP contribution in [-0.2, 0) is 6.54 Å². The summed E-state index contributed by atoms with van der Waals surface area (Å²) < 4.78 is 19.8. The highest BCUT2D eigenvalue weighted by Crippen LogP contribution is 2.22. The van der Waals surface area contributed by atoms with E-state index in [0.717, 1.165) is 11.3 Å². The van der Waals surface area contributed by atoms with Crippen molar-refractivity contribution < 1.29 is 13.9 Å². The maximum atomic E-state index is 13.3. The van der Waals surface area contributed by atoms with Crippen LogP contribution in [0.25, 0.3) is 27.5 Å². The maximum absolute atomic E-state index is 13.3. The number of fused-ring (bicyclic) bond motifs is 3. The van der Waals surface area contributed by atoms with Crippen LogP contribution in [0.3, 0.4) is 0 Å². The highest BCUT2D eigenvalue weighted by molar-refractivity contribution is 6.06. The predicted molar refractivity (Wildman–Crippen MR) is 123 cm³/mol. The fourth-order valence-corrected chi connectivity index (χ4v) is 3.70. The van der Waals surface area contributed by atoms with Crippen molar-refractivity contribution in [3.63, 3.8) is 0 Å². The van der Waals surface area contributed by atoms with Crippen LogP contribution in [0.15, 0.2) is 77.7 Å². The molecule has 3 aromatic carbocycles. The largest absolute Gasteiger partial charge is 0.497 e. The molecule has 1 amide bonds. The molecule has 7 nitrogen and oxygen atoms in total. The van der Waals surface area contributed by atoms with E-state index in [1.807, 2.05) is 24.3 Å². The van der Waals surface area contributed by atoms with E-state index in [-0.39, 0.29) is 17.3 Å². The molecule has 0 fully saturated rings.